The molecule has 1 saturated carbocycles. The van der Waals surface area contributed by atoms with E-state index in [9.17, 15) is 18.8 Å². The van der Waals surface area contributed by atoms with Crippen LogP contribution in [-0.4, -0.2) is 33.4 Å². The fourth-order valence-corrected chi connectivity index (χ4v) is 3.84. The molecule has 0 atom stereocenters. The number of barbiturate groups is 1. The summed E-state index contributed by atoms with van der Waals surface area (Å²) in [4.78, 5) is 38.8. The van der Waals surface area contributed by atoms with E-state index < -0.39 is 17.8 Å². The molecule has 4 amide bonds. The van der Waals surface area contributed by atoms with Crippen molar-refractivity contribution in [2.24, 2.45) is 0 Å². The Morgan fingerprint density at radius 3 is 2.43 bits per heavy atom. The molecule has 4 rings (SSSR count). The number of amides is 4. The van der Waals surface area contributed by atoms with E-state index in [2.05, 4.69) is 5.32 Å². The number of aromatic nitrogens is 1. The van der Waals surface area contributed by atoms with Gasteiger partial charge >= 0.3 is 6.03 Å². The fourth-order valence-electron chi connectivity index (χ4n) is 3.84. The molecule has 0 unspecified atom stereocenters. The van der Waals surface area contributed by atoms with E-state index in [0.717, 1.165) is 32.1 Å². The monoisotopic (exact) mass is 381 g/mol. The lowest BCUT2D eigenvalue weighted by molar-refractivity contribution is -0.132. The summed E-state index contributed by atoms with van der Waals surface area (Å²) in [5, 5.41) is 2.29. The largest absolute Gasteiger partial charge is 0.331 e. The lowest BCUT2D eigenvalue weighted by Gasteiger charge is -2.35. The molecule has 1 aliphatic carbocycles. The van der Waals surface area contributed by atoms with Crippen LogP contribution in [0.4, 0.5) is 9.18 Å². The maximum atomic E-state index is 13.2. The Morgan fingerprint density at radius 2 is 1.71 bits per heavy atom. The van der Waals surface area contributed by atoms with Crippen LogP contribution in [0.1, 0.15) is 37.8 Å². The highest BCUT2D eigenvalue weighted by Crippen LogP contribution is 2.26. The number of rotatable bonds is 3. The molecule has 28 heavy (non-hydrogen) atoms. The van der Waals surface area contributed by atoms with Crippen molar-refractivity contribution in [3.8, 4) is 5.69 Å². The van der Waals surface area contributed by atoms with Crippen molar-refractivity contribution >= 4 is 23.9 Å². The number of hydrogen-bond acceptors (Lipinski definition) is 3. The van der Waals surface area contributed by atoms with Gasteiger partial charge in [0.1, 0.15) is 11.4 Å². The SMILES string of the molecule is O=C1NC(=O)N(C2CCCCC2)C(=O)/C1=C/c1cccn1-c1ccc(F)cc1. The third-order valence-corrected chi connectivity index (χ3v) is 5.25. The van der Waals surface area contributed by atoms with Gasteiger partial charge in [-0.1, -0.05) is 19.3 Å². The number of benzene rings is 1. The first-order valence-corrected chi connectivity index (χ1v) is 9.38. The second-order valence-electron chi connectivity index (χ2n) is 7.06. The molecule has 1 aromatic heterocycles. The Labute approximate surface area is 161 Å². The van der Waals surface area contributed by atoms with Gasteiger partial charge in [0.15, 0.2) is 0 Å². The van der Waals surface area contributed by atoms with Gasteiger partial charge in [0, 0.05) is 23.6 Å². The third-order valence-electron chi connectivity index (χ3n) is 5.25. The van der Waals surface area contributed by atoms with Crippen LogP contribution in [-0.2, 0) is 9.59 Å². The highest BCUT2D eigenvalue weighted by Gasteiger charge is 2.40. The van der Waals surface area contributed by atoms with E-state index in [1.165, 1.54) is 23.1 Å². The van der Waals surface area contributed by atoms with Crippen LogP contribution in [0.2, 0.25) is 0 Å². The topological polar surface area (TPSA) is 71.4 Å². The number of nitrogens with zero attached hydrogens (tertiary/aromatic N) is 2. The molecule has 2 fully saturated rings. The Hall–Kier alpha value is -3.22. The van der Waals surface area contributed by atoms with Crippen molar-refractivity contribution < 1.29 is 18.8 Å². The van der Waals surface area contributed by atoms with Crippen LogP contribution in [0.25, 0.3) is 11.8 Å². The van der Waals surface area contributed by atoms with Crippen LogP contribution < -0.4 is 5.32 Å². The number of halogens is 1. The first-order chi connectivity index (χ1) is 13.5. The summed E-state index contributed by atoms with van der Waals surface area (Å²) >= 11 is 0. The predicted octanol–water partition coefficient (Wildman–Crippen LogP) is 3.41. The van der Waals surface area contributed by atoms with Crippen LogP contribution in [0, 0.1) is 5.82 Å². The zero-order valence-corrected chi connectivity index (χ0v) is 15.2. The summed E-state index contributed by atoms with van der Waals surface area (Å²) < 4.78 is 14.9. The van der Waals surface area contributed by atoms with Crippen LogP contribution in [0.3, 0.4) is 0 Å². The van der Waals surface area contributed by atoms with Crippen LogP contribution in [0.5, 0.6) is 0 Å². The molecule has 2 heterocycles. The molecule has 7 heteroatoms. The van der Waals surface area contributed by atoms with E-state index in [0.29, 0.717) is 11.4 Å². The number of urea groups is 1. The Kier molecular flexibility index (Phi) is 4.81. The minimum Gasteiger partial charge on any atom is -0.317 e. The number of carbonyl (C=O) groups excluding carboxylic acids is 3. The third kappa shape index (κ3) is 3.35. The predicted molar refractivity (Wildman–Crippen MR) is 101 cm³/mol. The standard InChI is InChI=1S/C21H20FN3O3/c22-14-8-10-15(11-9-14)24-12-4-7-17(24)13-18-19(26)23-21(28)25(20(18)27)16-5-2-1-3-6-16/h4,7-13,16H,1-3,5-6H2,(H,23,26,28)/b18-13+. The van der Waals surface area contributed by atoms with Gasteiger partial charge in [-0.3, -0.25) is 19.8 Å². The van der Waals surface area contributed by atoms with E-state index in [1.54, 1.807) is 35.0 Å². The summed E-state index contributed by atoms with van der Waals surface area (Å²) in [5.74, 6) is -1.61. The quantitative estimate of drug-likeness (QED) is 0.654. The van der Waals surface area contributed by atoms with Gasteiger partial charge in [-0.2, -0.15) is 0 Å². The summed E-state index contributed by atoms with van der Waals surface area (Å²) in [6, 6.07) is 8.59. The summed E-state index contributed by atoms with van der Waals surface area (Å²) in [6.45, 7) is 0. The maximum absolute atomic E-state index is 13.2. The van der Waals surface area contributed by atoms with Gasteiger partial charge in [0.05, 0.1) is 0 Å². The van der Waals surface area contributed by atoms with E-state index in [1.807, 2.05) is 0 Å². The Bertz CT molecular complexity index is 956. The van der Waals surface area contributed by atoms with E-state index in [4.69, 9.17) is 0 Å². The van der Waals surface area contributed by atoms with Crippen molar-refractivity contribution in [2.45, 2.75) is 38.1 Å². The molecule has 0 radical (unpaired) electrons. The molecule has 2 aromatic rings. The number of hydrogen-bond donors (Lipinski definition) is 1. The molecule has 2 aliphatic rings. The zero-order valence-electron chi connectivity index (χ0n) is 15.2. The number of nitrogens with one attached hydrogen (secondary N) is 1. The Morgan fingerprint density at radius 1 is 1.00 bits per heavy atom. The first kappa shape index (κ1) is 18.2. The van der Waals surface area contributed by atoms with Gasteiger partial charge in [-0.05, 0) is 55.3 Å². The highest BCUT2D eigenvalue weighted by atomic mass is 19.1. The molecule has 6 nitrogen and oxygen atoms in total. The molecule has 144 valence electrons. The van der Waals surface area contributed by atoms with E-state index >= 15 is 0 Å². The summed E-state index contributed by atoms with van der Waals surface area (Å²) in [6.07, 6.45) is 7.76. The van der Waals surface area contributed by atoms with Crippen molar-refractivity contribution in [1.82, 2.24) is 14.8 Å². The lowest BCUT2D eigenvalue weighted by Crippen LogP contribution is -2.58. The van der Waals surface area contributed by atoms with Crippen LogP contribution in [0.15, 0.2) is 48.2 Å². The molecule has 0 spiro atoms. The van der Waals surface area contributed by atoms with Gasteiger partial charge in [-0.25, -0.2) is 9.18 Å². The fraction of sp³-hybridized carbons (Fsp3) is 0.286. The summed E-state index contributed by atoms with van der Waals surface area (Å²) in [7, 11) is 0. The lowest BCUT2D eigenvalue weighted by atomic mass is 9.93. The number of imide groups is 2. The van der Waals surface area contributed by atoms with E-state index in [-0.39, 0.29) is 17.4 Å². The molecular weight excluding hydrogens is 361 g/mol. The number of carbonyl (C=O) groups is 3. The van der Waals surface area contributed by atoms with Crippen LogP contribution >= 0.6 is 0 Å². The smallest absolute Gasteiger partial charge is 0.317 e. The first-order valence-electron chi connectivity index (χ1n) is 9.38. The normalized spacial score (nSPS) is 20.0. The Balaban J connectivity index is 1.68. The molecule has 1 N–H and O–H groups in total. The molecule has 1 aliphatic heterocycles. The average Bonchev–Trinajstić information content (AvgIpc) is 3.15. The highest BCUT2D eigenvalue weighted by molar-refractivity contribution is 6.31. The van der Waals surface area contributed by atoms with Crippen molar-refractivity contribution in [1.29, 1.82) is 0 Å². The van der Waals surface area contributed by atoms with Crippen molar-refractivity contribution in [2.75, 3.05) is 0 Å². The maximum Gasteiger partial charge on any atom is 0.331 e. The van der Waals surface area contributed by atoms with Crippen molar-refractivity contribution in [3.05, 3.63) is 59.7 Å². The molecule has 1 aromatic carbocycles. The molecule has 0 bridgehead atoms. The van der Waals surface area contributed by atoms with Gasteiger partial charge in [0.25, 0.3) is 11.8 Å². The van der Waals surface area contributed by atoms with Gasteiger partial charge in [-0.15, -0.1) is 0 Å². The summed E-state index contributed by atoms with van der Waals surface area (Å²) in [5.41, 5.74) is 1.21. The second kappa shape index (κ2) is 7.42. The minimum absolute atomic E-state index is 0.0766. The van der Waals surface area contributed by atoms with Gasteiger partial charge in [0.2, 0.25) is 0 Å². The minimum atomic E-state index is -0.700. The average molecular weight is 381 g/mol. The molecular formula is C21H20FN3O3. The van der Waals surface area contributed by atoms with Crippen molar-refractivity contribution in [3.63, 3.8) is 0 Å². The molecule has 1 saturated heterocycles. The second-order valence-corrected chi connectivity index (χ2v) is 7.06. The zero-order chi connectivity index (χ0) is 19.7. The van der Waals surface area contributed by atoms with Gasteiger partial charge < -0.3 is 4.57 Å².